The molecule has 3 aliphatic rings. The van der Waals surface area contributed by atoms with Gasteiger partial charge in [-0.2, -0.15) is 0 Å². The summed E-state index contributed by atoms with van der Waals surface area (Å²) in [6, 6.07) is 8.51. The van der Waals surface area contributed by atoms with Crippen LogP contribution in [0.3, 0.4) is 0 Å². The van der Waals surface area contributed by atoms with Crippen molar-refractivity contribution in [2.45, 2.75) is 50.1 Å². The van der Waals surface area contributed by atoms with E-state index in [1.807, 2.05) is 11.4 Å². The molecule has 7 nitrogen and oxygen atoms in total. The van der Waals surface area contributed by atoms with E-state index >= 15 is 0 Å². The number of nitrogens with one attached hydrogen (secondary N) is 1. The van der Waals surface area contributed by atoms with E-state index in [1.54, 1.807) is 28.0 Å². The molecule has 3 amide bonds. The van der Waals surface area contributed by atoms with Gasteiger partial charge >= 0.3 is 0 Å². The van der Waals surface area contributed by atoms with Crippen molar-refractivity contribution in [3.63, 3.8) is 0 Å². The van der Waals surface area contributed by atoms with Gasteiger partial charge in [0, 0.05) is 25.6 Å². The highest BCUT2D eigenvalue weighted by Crippen LogP contribution is 2.33. The minimum absolute atomic E-state index is 0.0366. The summed E-state index contributed by atoms with van der Waals surface area (Å²) >= 11 is 1.38. The smallest absolute Gasteiger partial charge is 0.261 e. The van der Waals surface area contributed by atoms with Crippen LogP contribution in [0, 0.1) is 5.82 Å². The van der Waals surface area contributed by atoms with Crippen molar-refractivity contribution in [1.82, 2.24) is 15.1 Å². The van der Waals surface area contributed by atoms with E-state index in [0.717, 1.165) is 5.56 Å². The third kappa shape index (κ3) is 4.02. The van der Waals surface area contributed by atoms with Crippen molar-refractivity contribution in [2.24, 2.45) is 0 Å². The zero-order valence-corrected chi connectivity index (χ0v) is 18.2. The molecule has 1 aromatic carbocycles. The predicted octanol–water partition coefficient (Wildman–Crippen LogP) is 2.18. The van der Waals surface area contributed by atoms with Gasteiger partial charge in [-0.15, -0.1) is 11.3 Å². The molecule has 32 heavy (non-hydrogen) atoms. The maximum atomic E-state index is 13.2. The van der Waals surface area contributed by atoms with E-state index in [9.17, 15) is 18.8 Å². The SMILES string of the molecule is O=C(NC1CCN2C(=O)C3CC(OCc4ccc(F)cc4)CN3C(=O)C2C1)c1cccs1. The second-order valence-electron chi connectivity index (χ2n) is 8.52. The molecule has 0 bridgehead atoms. The van der Waals surface area contributed by atoms with Crippen LogP contribution in [-0.2, 0) is 20.9 Å². The number of rotatable bonds is 5. The fraction of sp³-hybridized carbons (Fsp3) is 0.435. The highest BCUT2D eigenvalue weighted by molar-refractivity contribution is 7.12. The van der Waals surface area contributed by atoms with Gasteiger partial charge in [-0.3, -0.25) is 14.4 Å². The summed E-state index contributed by atoms with van der Waals surface area (Å²) in [6.45, 7) is 1.13. The lowest BCUT2D eigenvalue weighted by atomic mass is 9.92. The molecule has 3 saturated heterocycles. The Balaban J connectivity index is 1.21. The first-order valence-corrected chi connectivity index (χ1v) is 11.7. The summed E-state index contributed by atoms with van der Waals surface area (Å²) in [4.78, 5) is 42.7. The molecule has 9 heteroatoms. The number of benzene rings is 1. The number of piperidine rings is 1. The highest BCUT2D eigenvalue weighted by atomic mass is 32.1. The Labute approximate surface area is 189 Å². The van der Waals surface area contributed by atoms with E-state index in [2.05, 4.69) is 5.32 Å². The van der Waals surface area contributed by atoms with Crippen LogP contribution in [0.1, 0.15) is 34.5 Å². The fourth-order valence-corrected chi connectivity index (χ4v) is 5.46. The Bertz CT molecular complexity index is 1010. The number of carbonyl (C=O) groups excluding carboxylic acids is 3. The third-order valence-electron chi connectivity index (χ3n) is 6.48. The minimum atomic E-state index is -0.544. The maximum absolute atomic E-state index is 13.2. The fourth-order valence-electron chi connectivity index (χ4n) is 4.83. The number of carbonyl (C=O) groups is 3. The van der Waals surface area contributed by atoms with Gasteiger partial charge in [0.2, 0.25) is 11.8 Å². The molecule has 1 aromatic heterocycles. The summed E-state index contributed by atoms with van der Waals surface area (Å²) < 4.78 is 19.0. The Morgan fingerprint density at radius 2 is 1.84 bits per heavy atom. The van der Waals surface area contributed by atoms with Gasteiger partial charge in [0.1, 0.15) is 17.9 Å². The van der Waals surface area contributed by atoms with Crippen molar-refractivity contribution >= 4 is 29.1 Å². The first-order chi connectivity index (χ1) is 15.5. The van der Waals surface area contributed by atoms with Crippen LogP contribution in [0.2, 0.25) is 0 Å². The van der Waals surface area contributed by atoms with Crippen LogP contribution in [0.25, 0.3) is 0 Å². The number of ether oxygens (including phenoxy) is 1. The molecule has 5 rings (SSSR count). The molecular weight excluding hydrogens is 433 g/mol. The van der Waals surface area contributed by atoms with Gasteiger partial charge in [-0.1, -0.05) is 18.2 Å². The number of fused-ring (bicyclic) bond motifs is 2. The largest absolute Gasteiger partial charge is 0.372 e. The average molecular weight is 458 g/mol. The summed E-state index contributed by atoms with van der Waals surface area (Å²) in [5.41, 5.74) is 0.843. The van der Waals surface area contributed by atoms with Crippen LogP contribution >= 0.6 is 11.3 Å². The molecule has 0 aliphatic carbocycles. The number of hydrogen-bond donors (Lipinski definition) is 1. The van der Waals surface area contributed by atoms with E-state index in [-0.39, 0.29) is 35.7 Å². The van der Waals surface area contributed by atoms with Crippen LogP contribution < -0.4 is 5.32 Å². The summed E-state index contributed by atoms with van der Waals surface area (Å²) in [6.07, 6.45) is 1.28. The molecule has 0 spiro atoms. The molecule has 4 heterocycles. The molecule has 1 N–H and O–H groups in total. The van der Waals surface area contributed by atoms with E-state index in [4.69, 9.17) is 4.74 Å². The van der Waals surface area contributed by atoms with Gasteiger partial charge in [0.15, 0.2) is 0 Å². The Morgan fingerprint density at radius 1 is 1.09 bits per heavy atom. The molecule has 0 radical (unpaired) electrons. The van der Waals surface area contributed by atoms with Crippen molar-refractivity contribution in [1.29, 1.82) is 0 Å². The Morgan fingerprint density at radius 3 is 2.59 bits per heavy atom. The molecule has 4 unspecified atom stereocenters. The van der Waals surface area contributed by atoms with E-state index in [1.165, 1.54) is 23.5 Å². The molecular formula is C23H24FN3O4S. The first kappa shape index (κ1) is 21.1. The molecule has 3 aliphatic heterocycles. The van der Waals surface area contributed by atoms with Crippen molar-refractivity contribution in [3.8, 4) is 0 Å². The Kier molecular flexibility index (Phi) is 5.69. The number of piperazine rings is 1. The summed E-state index contributed by atoms with van der Waals surface area (Å²) in [7, 11) is 0. The minimum Gasteiger partial charge on any atom is -0.372 e. The highest BCUT2D eigenvalue weighted by Gasteiger charge is 2.52. The molecule has 4 atom stereocenters. The van der Waals surface area contributed by atoms with Crippen LogP contribution in [0.4, 0.5) is 4.39 Å². The number of halogens is 1. The average Bonchev–Trinajstić information content (AvgIpc) is 3.48. The third-order valence-corrected chi connectivity index (χ3v) is 7.35. The number of thiophene rings is 1. The quantitative estimate of drug-likeness (QED) is 0.747. The molecule has 3 fully saturated rings. The van der Waals surface area contributed by atoms with Crippen LogP contribution in [0.5, 0.6) is 0 Å². The van der Waals surface area contributed by atoms with Crippen molar-refractivity contribution < 1.29 is 23.5 Å². The lowest BCUT2D eigenvalue weighted by molar-refractivity contribution is -0.161. The monoisotopic (exact) mass is 457 g/mol. The van der Waals surface area contributed by atoms with E-state index < -0.39 is 12.1 Å². The maximum Gasteiger partial charge on any atom is 0.261 e. The van der Waals surface area contributed by atoms with Gasteiger partial charge in [0.05, 0.1) is 17.6 Å². The topological polar surface area (TPSA) is 79.0 Å². The zero-order chi connectivity index (χ0) is 22.2. The van der Waals surface area contributed by atoms with Crippen molar-refractivity contribution in [3.05, 3.63) is 58.0 Å². The Hall–Kier alpha value is -2.78. The predicted molar refractivity (Wildman–Crippen MR) is 115 cm³/mol. The normalized spacial score (nSPS) is 27.3. The zero-order valence-electron chi connectivity index (χ0n) is 17.4. The second kappa shape index (κ2) is 8.63. The standard InChI is InChI=1S/C23H24FN3O4S/c24-15-5-3-14(4-6-15)13-31-17-11-19-22(29)26-8-7-16(10-18(26)23(30)27(19)12-17)25-21(28)20-2-1-9-32-20/h1-6,9,16-19H,7-8,10-13H2,(H,25,28). The second-order valence-corrected chi connectivity index (χ2v) is 9.47. The lowest BCUT2D eigenvalue weighted by Gasteiger charge is -2.46. The van der Waals surface area contributed by atoms with Gasteiger partial charge in [0.25, 0.3) is 5.91 Å². The number of nitrogens with zero attached hydrogens (tertiary/aromatic N) is 2. The molecule has 0 saturated carbocycles. The van der Waals surface area contributed by atoms with Gasteiger partial charge in [-0.25, -0.2) is 4.39 Å². The molecule has 168 valence electrons. The lowest BCUT2D eigenvalue weighted by Crippen LogP contribution is -2.66. The van der Waals surface area contributed by atoms with Gasteiger partial charge < -0.3 is 19.9 Å². The summed E-state index contributed by atoms with van der Waals surface area (Å²) in [5, 5.41) is 4.86. The summed E-state index contributed by atoms with van der Waals surface area (Å²) in [5.74, 6) is -0.547. The van der Waals surface area contributed by atoms with Gasteiger partial charge in [-0.05, 0) is 42.0 Å². The molecule has 2 aromatic rings. The van der Waals surface area contributed by atoms with Crippen LogP contribution in [-0.4, -0.2) is 64.8 Å². The van der Waals surface area contributed by atoms with Crippen molar-refractivity contribution in [2.75, 3.05) is 13.1 Å². The van der Waals surface area contributed by atoms with Crippen LogP contribution in [0.15, 0.2) is 41.8 Å². The number of hydrogen-bond acceptors (Lipinski definition) is 5. The first-order valence-electron chi connectivity index (χ1n) is 10.8. The number of amides is 3. The van der Waals surface area contributed by atoms with E-state index in [0.29, 0.717) is 43.8 Å².